The molecule has 7 heteroatoms. The molecule has 0 radical (unpaired) electrons. The Bertz CT molecular complexity index is 427. The number of ether oxygens (including phenoxy) is 1. The molecule has 0 fully saturated rings. The van der Waals surface area contributed by atoms with Crippen molar-refractivity contribution in [1.29, 1.82) is 0 Å². The molecule has 1 aromatic heterocycles. The van der Waals surface area contributed by atoms with Crippen LogP contribution in [0.15, 0.2) is 6.07 Å². The molecule has 0 aliphatic rings. The minimum atomic E-state index is -2.79. The second kappa shape index (κ2) is 5.77. The summed E-state index contributed by atoms with van der Waals surface area (Å²) >= 11 is 5.52. The van der Waals surface area contributed by atoms with E-state index in [-0.39, 0.29) is 29.4 Å². The maximum absolute atomic E-state index is 12.6. The third-order valence-electron chi connectivity index (χ3n) is 2.01. The number of nitrogens with zero attached hydrogens (tertiary/aromatic N) is 1. The first-order valence-corrected chi connectivity index (χ1v) is 5.35. The molecule has 0 aromatic carbocycles. The minimum Gasteiger partial charge on any atom is -0.462 e. The summed E-state index contributed by atoms with van der Waals surface area (Å²) in [6.07, 6.45) is -2.79. The Balaban J connectivity index is 3.22. The largest absolute Gasteiger partial charge is 0.462 e. The van der Waals surface area contributed by atoms with Crippen molar-refractivity contribution in [3.05, 3.63) is 22.9 Å². The number of nitrogen functional groups attached to an aromatic ring is 1. The summed E-state index contributed by atoms with van der Waals surface area (Å²) in [4.78, 5) is 14.9. The quantitative estimate of drug-likeness (QED) is 0.670. The van der Waals surface area contributed by atoms with Crippen molar-refractivity contribution in [1.82, 2.24) is 4.98 Å². The van der Waals surface area contributed by atoms with E-state index >= 15 is 0 Å². The van der Waals surface area contributed by atoms with E-state index in [1.54, 1.807) is 6.92 Å². The summed E-state index contributed by atoms with van der Waals surface area (Å²) in [5.74, 6) is -1.17. The van der Waals surface area contributed by atoms with Crippen LogP contribution in [-0.4, -0.2) is 17.6 Å². The summed E-state index contributed by atoms with van der Waals surface area (Å²) in [5.41, 5.74) is 4.94. The van der Waals surface area contributed by atoms with Gasteiger partial charge in [-0.2, -0.15) is 0 Å². The van der Waals surface area contributed by atoms with E-state index in [0.717, 1.165) is 0 Å². The smallest absolute Gasteiger partial charge is 0.341 e. The molecular weight excluding hydrogens is 254 g/mol. The summed E-state index contributed by atoms with van der Waals surface area (Å²) in [6, 6.07) is 1.19. The molecule has 17 heavy (non-hydrogen) atoms. The van der Waals surface area contributed by atoms with Crippen molar-refractivity contribution in [3.8, 4) is 0 Å². The molecule has 0 spiro atoms. The van der Waals surface area contributed by atoms with Gasteiger partial charge in [0.25, 0.3) is 6.43 Å². The lowest BCUT2D eigenvalue weighted by molar-refractivity contribution is 0.0526. The first-order valence-electron chi connectivity index (χ1n) is 4.81. The molecule has 0 aliphatic heterocycles. The van der Waals surface area contributed by atoms with E-state index < -0.39 is 18.1 Å². The number of anilines is 1. The molecule has 0 unspecified atom stereocenters. The van der Waals surface area contributed by atoms with Gasteiger partial charge >= 0.3 is 5.97 Å². The van der Waals surface area contributed by atoms with Gasteiger partial charge in [0.1, 0.15) is 17.1 Å². The van der Waals surface area contributed by atoms with Gasteiger partial charge in [-0.25, -0.2) is 18.6 Å². The highest BCUT2D eigenvalue weighted by atomic mass is 35.5. The first-order chi connectivity index (χ1) is 8.01. The van der Waals surface area contributed by atoms with Crippen LogP contribution in [0.5, 0.6) is 0 Å². The lowest BCUT2D eigenvalue weighted by Crippen LogP contribution is -2.12. The van der Waals surface area contributed by atoms with Crippen LogP contribution in [0.2, 0.25) is 0 Å². The molecule has 0 bridgehead atoms. The highest BCUT2D eigenvalue weighted by Gasteiger charge is 2.20. The van der Waals surface area contributed by atoms with Crippen molar-refractivity contribution < 1.29 is 18.3 Å². The molecule has 4 nitrogen and oxygen atoms in total. The van der Waals surface area contributed by atoms with Crippen LogP contribution >= 0.6 is 11.6 Å². The summed E-state index contributed by atoms with van der Waals surface area (Å²) < 4.78 is 29.9. The third-order valence-corrected chi connectivity index (χ3v) is 2.30. The van der Waals surface area contributed by atoms with Gasteiger partial charge in [-0.1, -0.05) is 0 Å². The molecule has 0 aliphatic carbocycles. The van der Waals surface area contributed by atoms with E-state index in [0.29, 0.717) is 0 Å². The second-order valence-corrected chi connectivity index (χ2v) is 3.39. The van der Waals surface area contributed by atoms with Crippen molar-refractivity contribution in [3.63, 3.8) is 0 Å². The molecule has 1 heterocycles. The number of halogens is 3. The highest BCUT2D eigenvalue weighted by Crippen LogP contribution is 2.26. The van der Waals surface area contributed by atoms with Crippen LogP contribution in [0.4, 0.5) is 14.6 Å². The number of alkyl halides is 3. The number of hydrogen-bond donors (Lipinski definition) is 1. The number of aromatic nitrogens is 1. The van der Waals surface area contributed by atoms with Gasteiger partial charge in [0.15, 0.2) is 0 Å². The molecule has 94 valence electrons. The fraction of sp³-hybridized carbons (Fsp3) is 0.400. The first kappa shape index (κ1) is 13.6. The number of esters is 1. The summed E-state index contributed by atoms with van der Waals surface area (Å²) in [7, 11) is 0. The predicted octanol–water partition coefficient (Wildman–Crippen LogP) is 2.52. The topological polar surface area (TPSA) is 65.2 Å². The van der Waals surface area contributed by atoms with Crippen molar-refractivity contribution >= 4 is 23.4 Å². The van der Waals surface area contributed by atoms with Gasteiger partial charge < -0.3 is 10.5 Å². The number of carbonyl (C=O) groups excluding carboxylic acids is 1. The number of carbonyl (C=O) groups is 1. The Labute approximate surface area is 102 Å². The molecule has 0 saturated heterocycles. The van der Waals surface area contributed by atoms with Gasteiger partial charge in [-0.3, -0.25) is 0 Å². The zero-order valence-electron chi connectivity index (χ0n) is 9.04. The minimum absolute atomic E-state index is 0.0492. The molecule has 1 rings (SSSR count). The van der Waals surface area contributed by atoms with Crippen LogP contribution in [0.3, 0.4) is 0 Å². The molecule has 0 saturated carbocycles. The van der Waals surface area contributed by atoms with Crippen LogP contribution in [-0.2, 0) is 10.6 Å². The number of rotatable bonds is 4. The van der Waals surface area contributed by atoms with Gasteiger partial charge in [0, 0.05) is 5.88 Å². The Hall–Kier alpha value is -1.43. The Morgan fingerprint density at radius 3 is 2.76 bits per heavy atom. The maximum atomic E-state index is 12.6. The monoisotopic (exact) mass is 264 g/mol. The zero-order chi connectivity index (χ0) is 13.0. The zero-order valence-corrected chi connectivity index (χ0v) is 9.80. The molecule has 0 atom stereocenters. The van der Waals surface area contributed by atoms with E-state index in [9.17, 15) is 13.6 Å². The average Bonchev–Trinajstić information content (AvgIpc) is 2.28. The lowest BCUT2D eigenvalue weighted by atomic mass is 10.1. The Morgan fingerprint density at radius 2 is 2.29 bits per heavy atom. The Morgan fingerprint density at radius 1 is 1.65 bits per heavy atom. The van der Waals surface area contributed by atoms with E-state index in [1.165, 1.54) is 6.07 Å². The van der Waals surface area contributed by atoms with Gasteiger partial charge in [-0.15, -0.1) is 11.6 Å². The molecular formula is C10H11ClF2N2O2. The summed E-state index contributed by atoms with van der Waals surface area (Å²) in [5, 5.41) is 0. The standard InChI is InChI=1S/C10H11ClF2N2O2/c1-2-17-10(16)6-3-5(4-11)7(8(12)13)15-9(6)14/h3,8H,2,4H2,1H3,(H2,14,15). The normalized spacial score (nSPS) is 10.6. The number of hydrogen-bond acceptors (Lipinski definition) is 4. The van der Waals surface area contributed by atoms with Crippen LogP contribution in [0, 0.1) is 0 Å². The molecule has 2 N–H and O–H groups in total. The fourth-order valence-corrected chi connectivity index (χ4v) is 1.47. The van der Waals surface area contributed by atoms with Crippen molar-refractivity contribution in [2.24, 2.45) is 0 Å². The maximum Gasteiger partial charge on any atom is 0.341 e. The van der Waals surface area contributed by atoms with Crippen molar-refractivity contribution in [2.45, 2.75) is 19.2 Å². The predicted molar refractivity (Wildman–Crippen MR) is 59.1 cm³/mol. The number of pyridine rings is 1. The summed E-state index contributed by atoms with van der Waals surface area (Å²) in [6.45, 7) is 1.78. The average molecular weight is 265 g/mol. The van der Waals surface area contributed by atoms with Crippen LogP contribution < -0.4 is 5.73 Å². The lowest BCUT2D eigenvalue weighted by Gasteiger charge is -2.10. The molecule has 0 amide bonds. The fourth-order valence-electron chi connectivity index (χ4n) is 1.25. The van der Waals surface area contributed by atoms with E-state index in [4.69, 9.17) is 22.1 Å². The van der Waals surface area contributed by atoms with Crippen LogP contribution in [0.25, 0.3) is 0 Å². The van der Waals surface area contributed by atoms with E-state index in [1.807, 2.05) is 0 Å². The second-order valence-electron chi connectivity index (χ2n) is 3.12. The van der Waals surface area contributed by atoms with Gasteiger partial charge in [-0.05, 0) is 18.6 Å². The van der Waals surface area contributed by atoms with Gasteiger partial charge in [0.2, 0.25) is 0 Å². The van der Waals surface area contributed by atoms with Crippen LogP contribution in [0.1, 0.15) is 35.0 Å². The number of nitrogens with two attached hydrogens (primary N) is 1. The third kappa shape index (κ3) is 3.03. The van der Waals surface area contributed by atoms with E-state index in [2.05, 4.69) is 4.98 Å². The van der Waals surface area contributed by atoms with Crippen molar-refractivity contribution in [2.75, 3.05) is 12.3 Å². The Kier molecular flexibility index (Phi) is 4.62. The molecule has 1 aromatic rings. The highest BCUT2D eigenvalue weighted by molar-refractivity contribution is 6.17. The SMILES string of the molecule is CCOC(=O)c1cc(CCl)c(C(F)F)nc1N. The van der Waals surface area contributed by atoms with Gasteiger partial charge in [0.05, 0.1) is 6.61 Å².